The number of likely N-dealkylation sites (N-methyl/N-ethyl adjacent to an activating group) is 1. The van der Waals surface area contributed by atoms with Crippen LogP contribution in [0.5, 0.6) is 0 Å². The van der Waals surface area contributed by atoms with Crippen molar-refractivity contribution in [2.75, 3.05) is 18.6 Å². The number of fused-ring (bicyclic) bond motifs is 1. The monoisotopic (exact) mass is 616 g/mol. The summed E-state index contributed by atoms with van der Waals surface area (Å²) in [5, 5.41) is 23.4. The molecule has 1 saturated heterocycles. The fourth-order valence-corrected chi connectivity index (χ4v) is 7.46. The van der Waals surface area contributed by atoms with Crippen molar-refractivity contribution in [2.24, 2.45) is 0 Å². The van der Waals surface area contributed by atoms with Gasteiger partial charge in [-0.3, -0.25) is 24.2 Å². The molecule has 0 spiro atoms. The van der Waals surface area contributed by atoms with Crippen molar-refractivity contribution in [1.29, 1.82) is 0 Å². The maximum Gasteiger partial charge on any atom is 0.352 e. The second-order valence-electron chi connectivity index (χ2n) is 9.16. The molecule has 3 N–H and O–H groups in total. The Labute approximate surface area is 248 Å². The number of imide groups is 1. The molecule has 2 aliphatic rings. The molecule has 0 saturated carbocycles. The fourth-order valence-electron chi connectivity index (χ4n) is 4.16. The summed E-state index contributed by atoms with van der Waals surface area (Å²) < 4.78 is 0.703. The van der Waals surface area contributed by atoms with E-state index in [1.54, 1.807) is 50.3 Å². The molecule has 3 atom stereocenters. The summed E-state index contributed by atoms with van der Waals surface area (Å²) in [7, 11) is 1.30. The highest BCUT2D eigenvalue weighted by Crippen LogP contribution is 2.42. The molecule has 0 bridgehead atoms. The van der Waals surface area contributed by atoms with Gasteiger partial charge >= 0.3 is 12.0 Å². The second kappa shape index (κ2) is 12.9. The number of nitrogens with zero attached hydrogens (tertiary/aromatic N) is 4. The maximum atomic E-state index is 13.5. The number of hydrogen-bond donors (Lipinski definition) is 3. The number of aryl methyl sites for hydroxylation is 1. The van der Waals surface area contributed by atoms with Crippen LogP contribution in [0.15, 0.2) is 57.6 Å². The van der Waals surface area contributed by atoms with E-state index in [9.17, 15) is 29.1 Å². The molecule has 4 rings (SSSR count). The normalized spacial score (nSPS) is 19.2. The van der Waals surface area contributed by atoms with Crippen molar-refractivity contribution < 1.29 is 29.1 Å². The van der Waals surface area contributed by atoms with E-state index in [-0.39, 0.29) is 5.70 Å². The zero-order valence-corrected chi connectivity index (χ0v) is 25.1. The van der Waals surface area contributed by atoms with E-state index >= 15 is 0 Å². The lowest BCUT2D eigenvalue weighted by molar-refractivity contribution is -0.151. The average Bonchev–Trinajstić information content (AvgIpc) is 3.40. The first-order valence-electron chi connectivity index (χ1n) is 12.4. The molecular weight excluding hydrogens is 589 g/mol. The smallest absolute Gasteiger partial charge is 0.352 e. The van der Waals surface area contributed by atoms with E-state index in [1.807, 2.05) is 6.92 Å². The average molecular weight is 617 g/mol. The van der Waals surface area contributed by atoms with Crippen LogP contribution in [0.4, 0.5) is 4.79 Å². The maximum absolute atomic E-state index is 13.5. The highest BCUT2D eigenvalue weighted by atomic mass is 32.2. The molecule has 12 nitrogen and oxygen atoms in total. The van der Waals surface area contributed by atoms with Gasteiger partial charge in [0.1, 0.15) is 28.2 Å². The number of aromatic nitrogens is 2. The Morgan fingerprint density at radius 2 is 1.95 bits per heavy atom. The number of rotatable bonds is 9. The molecule has 0 aliphatic carbocycles. The van der Waals surface area contributed by atoms with Crippen LogP contribution in [-0.4, -0.2) is 84.8 Å². The molecule has 2 aliphatic heterocycles. The van der Waals surface area contributed by atoms with Gasteiger partial charge < -0.3 is 15.7 Å². The number of benzene rings is 1. The van der Waals surface area contributed by atoms with Gasteiger partial charge in [0, 0.05) is 24.1 Å². The Morgan fingerprint density at radius 3 is 2.56 bits per heavy atom. The fraction of sp³-hybridized carbons (Fsp3) is 0.346. The van der Waals surface area contributed by atoms with E-state index in [1.165, 1.54) is 46.8 Å². The van der Waals surface area contributed by atoms with Gasteiger partial charge in [-0.1, -0.05) is 59.5 Å². The van der Waals surface area contributed by atoms with Crippen molar-refractivity contribution in [3.05, 3.63) is 63.8 Å². The molecule has 1 fully saturated rings. The Bertz CT molecular complexity index is 1440. The van der Waals surface area contributed by atoms with Crippen molar-refractivity contribution in [1.82, 2.24) is 30.6 Å². The van der Waals surface area contributed by atoms with Gasteiger partial charge in [0.15, 0.2) is 4.34 Å². The number of amides is 5. The number of carbonyl (C=O) groups excluding carboxylic acids is 4. The van der Waals surface area contributed by atoms with E-state index in [0.29, 0.717) is 32.6 Å². The Morgan fingerprint density at radius 1 is 1.24 bits per heavy atom. The van der Waals surface area contributed by atoms with E-state index in [0.717, 1.165) is 9.91 Å². The zero-order chi connectivity index (χ0) is 29.8. The van der Waals surface area contributed by atoms with Crippen molar-refractivity contribution in [2.45, 2.75) is 42.6 Å². The first-order valence-corrected chi connectivity index (χ1v) is 15.3. The van der Waals surface area contributed by atoms with Crippen LogP contribution in [0.25, 0.3) is 0 Å². The molecule has 216 valence electrons. The zero-order valence-electron chi connectivity index (χ0n) is 22.6. The van der Waals surface area contributed by atoms with Gasteiger partial charge in [-0.15, -0.1) is 22.0 Å². The van der Waals surface area contributed by atoms with Crippen LogP contribution in [0, 0.1) is 6.92 Å². The number of allylic oxidation sites excluding steroid dienone is 1. The SMILES string of the molecule is C/C=C(\C)C(=O)N(C)C(=O)NC(C(=O)NC1C(=O)N2C(C(=O)O)=C(CSc3nnc(C)s3)CS[C@@H]12)c1ccccc1. The lowest BCUT2D eigenvalue weighted by Crippen LogP contribution is -2.71. The molecule has 41 heavy (non-hydrogen) atoms. The van der Waals surface area contributed by atoms with Gasteiger partial charge in [0.2, 0.25) is 5.91 Å². The topological polar surface area (TPSA) is 162 Å². The number of aliphatic carboxylic acids is 1. The van der Waals surface area contributed by atoms with Crippen LogP contribution in [0.2, 0.25) is 0 Å². The quantitative estimate of drug-likeness (QED) is 0.217. The summed E-state index contributed by atoms with van der Waals surface area (Å²) in [4.78, 5) is 66.3. The van der Waals surface area contributed by atoms with Gasteiger partial charge in [-0.05, 0) is 31.9 Å². The van der Waals surface area contributed by atoms with Crippen LogP contribution < -0.4 is 10.6 Å². The lowest BCUT2D eigenvalue weighted by Gasteiger charge is -2.49. The molecule has 1 aromatic carbocycles. The molecule has 2 aromatic rings. The molecule has 3 heterocycles. The minimum Gasteiger partial charge on any atom is -0.477 e. The Hall–Kier alpha value is -3.69. The third-order valence-corrected chi connectivity index (χ3v) is 9.87. The molecule has 5 amide bonds. The van der Waals surface area contributed by atoms with Crippen LogP contribution >= 0.6 is 34.9 Å². The molecule has 0 radical (unpaired) electrons. The minimum atomic E-state index is -1.23. The standard InChI is InChI=1S/C26H28N6O6S3/c1-5-13(2)21(34)31(4)25(38)28-17(15-9-7-6-8-10-15)20(33)27-18-22(35)32-19(24(36)37)16(11-39-23(18)32)12-40-26-30-29-14(3)41-26/h5-10,17-18,23H,11-12H2,1-4H3,(H,27,33)(H,28,38)(H,36,37)/b13-5+/t17?,18?,23-/m0/s1. The summed E-state index contributed by atoms with van der Waals surface area (Å²) in [6, 6.07) is 5.43. The number of carbonyl (C=O) groups is 5. The van der Waals surface area contributed by atoms with Crippen molar-refractivity contribution >= 4 is 64.6 Å². The van der Waals surface area contributed by atoms with Crippen molar-refractivity contribution in [3.63, 3.8) is 0 Å². The number of thioether (sulfide) groups is 2. The third kappa shape index (κ3) is 6.47. The van der Waals surface area contributed by atoms with Gasteiger partial charge in [0.25, 0.3) is 11.8 Å². The van der Waals surface area contributed by atoms with Gasteiger partial charge in [0.05, 0.1) is 0 Å². The van der Waals surface area contributed by atoms with E-state index in [2.05, 4.69) is 20.8 Å². The summed E-state index contributed by atoms with van der Waals surface area (Å²) in [5.74, 6) is -2.29. The van der Waals surface area contributed by atoms with Crippen molar-refractivity contribution in [3.8, 4) is 0 Å². The van der Waals surface area contributed by atoms with Gasteiger partial charge in [-0.2, -0.15) is 0 Å². The molecule has 2 unspecified atom stereocenters. The molecule has 15 heteroatoms. The van der Waals surface area contributed by atoms with Gasteiger partial charge in [-0.25, -0.2) is 9.59 Å². The Balaban J connectivity index is 1.49. The minimum absolute atomic E-state index is 0.0922. The summed E-state index contributed by atoms with van der Waals surface area (Å²) in [6.45, 7) is 5.08. The first-order chi connectivity index (χ1) is 19.5. The summed E-state index contributed by atoms with van der Waals surface area (Å²) >= 11 is 4.10. The highest BCUT2D eigenvalue weighted by molar-refractivity contribution is 8.01. The highest BCUT2D eigenvalue weighted by Gasteiger charge is 2.54. The summed E-state index contributed by atoms with van der Waals surface area (Å²) in [5.41, 5.74) is 1.29. The lowest BCUT2D eigenvalue weighted by atomic mass is 10.0. The van der Waals surface area contributed by atoms with E-state index in [4.69, 9.17) is 0 Å². The van der Waals surface area contributed by atoms with E-state index < -0.39 is 47.2 Å². The number of nitrogens with one attached hydrogen (secondary N) is 2. The number of urea groups is 1. The second-order valence-corrected chi connectivity index (χ2v) is 12.7. The Kier molecular flexibility index (Phi) is 9.50. The van der Waals surface area contributed by atoms with Crippen LogP contribution in [-0.2, 0) is 19.2 Å². The number of β-lactam (4-membered cyclic amide) rings is 1. The predicted molar refractivity (Wildman–Crippen MR) is 155 cm³/mol. The summed E-state index contributed by atoms with van der Waals surface area (Å²) in [6.07, 6.45) is 1.57. The number of carboxylic acids is 1. The predicted octanol–water partition coefficient (Wildman–Crippen LogP) is 2.55. The van der Waals surface area contributed by atoms with Crippen LogP contribution in [0.3, 0.4) is 0 Å². The largest absolute Gasteiger partial charge is 0.477 e. The molecule has 1 aromatic heterocycles. The van der Waals surface area contributed by atoms with Crippen LogP contribution in [0.1, 0.15) is 30.5 Å². The molecular formula is C26H28N6O6S3. The third-order valence-electron chi connectivity index (χ3n) is 6.47. The number of hydrogen-bond acceptors (Lipinski definition) is 10. The first kappa shape index (κ1) is 30.3. The number of carboxylic acid groups (broad SMARTS) is 1.